The van der Waals surface area contributed by atoms with E-state index in [0.29, 0.717) is 11.1 Å². The van der Waals surface area contributed by atoms with Gasteiger partial charge in [-0.25, -0.2) is 0 Å². The van der Waals surface area contributed by atoms with Gasteiger partial charge in [0.1, 0.15) is 15.9 Å². The third-order valence-corrected chi connectivity index (χ3v) is 3.37. The highest BCUT2D eigenvalue weighted by molar-refractivity contribution is 7.86. The second kappa shape index (κ2) is 2.96. The molecule has 0 spiro atoms. The first-order chi connectivity index (χ1) is 6.50. The topological polar surface area (TPSA) is 59.9 Å². The number of fused-ring (bicyclic) bond motifs is 1. The van der Waals surface area contributed by atoms with E-state index in [1.54, 1.807) is 6.07 Å². The number of nitrogens with zero attached hydrogens (tertiary/aromatic N) is 2. The molecule has 2 aromatic rings. The highest BCUT2D eigenvalue weighted by Gasteiger charge is 2.21. The molecule has 1 aromatic heterocycles. The Hall–Kier alpha value is -1.08. The number of rotatable bonds is 1. The Morgan fingerprint density at radius 1 is 1.36 bits per heavy atom. The van der Waals surface area contributed by atoms with Crippen LogP contribution in [0.25, 0.3) is 11.0 Å². The molecule has 0 bridgehead atoms. The van der Waals surface area contributed by atoms with E-state index in [-0.39, 0.29) is 10.4 Å². The highest BCUT2D eigenvalue weighted by Crippen LogP contribution is 2.26. The van der Waals surface area contributed by atoms with Gasteiger partial charge >= 0.3 is 10.2 Å². The summed E-state index contributed by atoms with van der Waals surface area (Å²) in [4.78, 5) is -0.372. The van der Waals surface area contributed by atoms with Gasteiger partial charge in [-0.1, -0.05) is 6.07 Å². The summed E-state index contributed by atoms with van der Waals surface area (Å²) in [6, 6.07) is 3.12. The van der Waals surface area contributed by atoms with Gasteiger partial charge in [0.2, 0.25) is 0 Å². The minimum absolute atomic E-state index is 0.109. The third-order valence-electron chi connectivity index (χ3n) is 1.82. The lowest BCUT2D eigenvalue weighted by atomic mass is 10.2. The molecule has 0 unspecified atom stereocenters. The number of aromatic nitrogens is 2. The quantitative estimate of drug-likeness (QED) is 0.701. The smallest absolute Gasteiger partial charge is 0.189 e. The summed E-state index contributed by atoms with van der Waals surface area (Å²) in [7, 11) is -4.73. The average Bonchev–Trinajstić information content (AvgIpc) is 2.48. The van der Waals surface area contributed by atoms with E-state index in [2.05, 4.69) is 8.75 Å². The van der Waals surface area contributed by atoms with Crippen molar-refractivity contribution in [2.45, 2.75) is 11.8 Å². The maximum atomic E-state index is 12.9. The number of benzene rings is 1. The normalized spacial score (nSPS) is 12.1. The number of hydrogen-bond acceptors (Lipinski definition) is 5. The molecule has 0 amide bonds. The van der Waals surface area contributed by atoms with Crippen molar-refractivity contribution in [3.63, 3.8) is 0 Å². The summed E-state index contributed by atoms with van der Waals surface area (Å²) in [6.07, 6.45) is 0. The van der Waals surface area contributed by atoms with Crippen molar-refractivity contribution in [2.75, 3.05) is 0 Å². The largest absolute Gasteiger partial charge is 0.334 e. The zero-order valence-corrected chi connectivity index (χ0v) is 8.69. The molecule has 0 aliphatic heterocycles. The lowest BCUT2D eigenvalue weighted by molar-refractivity contribution is 0.552. The van der Waals surface area contributed by atoms with Crippen molar-refractivity contribution in [3.8, 4) is 0 Å². The fourth-order valence-electron chi connectivity index (χ4n) is 1.24. The predicted octanol–water partition coefficient (Wildman–Crippen LogP) is 1.66. The lowest BCUT2D eigenvalue weighted by Crippen LogP contribution is -1.96. The van der Waals surface area contributed by atoms with Gasteiger partial charge in [-0.05, 0) is 18.6 Å². The fraction of sp³-hybridized carbons (Fsp3) is 0.143. The molecule has 0 atom stereocenters. The molecule has 0 N–H and O–H groups in total. The minimum atomic E-state index is -4.73. The van der Waals surface area contributed by atoms with Crippen LogP contribution in [0.15, 0.2) is 17.0 Å². The van der Waals surface area contributed by atoms with Crippen LogP contribution in [0.2, 0.25) is 0 Å². The third kappa shape index (κ3) is 1.38. The molecular weight excluding hydrogens is 227 g/mol. The highest BCUT2D eigenvalue weighted by atomic mass is 32.3. The summed E-state index contributed by atoms with van der Waals surface area (Å²) >= 11 is 0.861. The zero-order chi connectivity index (χ0) is 10.3. The second-order valence-corrected chi connectivity index (χ2v) is 4.59. The van der Waals surface area contributed by atoms with Crippen LogP contribution in [0.1, 0.15) is 5.56 Å². The first-order valence-corrected chi connectivity index (χ1v) is 5.78. The van der Waals surface area contributed by atoms with Crippen LogP contribution in [-0.4, -0.2) is 17.2 Å². The van der Waals surface area contributed by atoms with E-state index in [0.717, 1.165) is 11.7 Å². The summed E-state index contributed by atoms with van der Waals surface area (Å²) in [5.41, 5.74) is 0.849. The molecule has 1 aromatic carbocycles. The Balaban J connectivity index is 2.98. The van der Waals surface area contributed by atoms with Crippen LogP contribution < -0.4 is 0 Å². The SMILES string of the molecule is Cc1ccc2nsnc2c1S(=O)(=O)F. The Labute approximate surface area is 83.9 Å². The summed E-state index contributed by atoms with van der Waals surface area (Å²) in [5.74, 6) is 0. The van der Waals surface area contributed by atoms with Crippen LogP contribution in [0.4, 0.5) is 3.89 Å². The van der Waals surface area contributed by atoms with Crippen LogP contribution in [0.3, 0.4) is 0 Å². The van der Waals surface area contributed by atoms with E-state index in [1.165, 1.54) is 13.0 Å². The van der Waals surface area contributed by atoms with Crippen molar-refractivity contribution in [1.29, 1.82) is 0 Å². The maximum absolute atomic E-state index is 12.9. The van der Waals surface area contributed by atoms with E-state index >= 15 is 0 Å². The van der Waals surface area contributed by atoms with Crippen LogP contribution in [-0.2, 0) is 10.2 Å². The molecule has 14 heavy (non-hydrogen) atoms. The molecule has 0 aliphatic rings. The van der Waals surface area contributed by atoms with Gasteiger partial charge in [0, 0.05) is 0 Å². The minimum Gasteiger partial charge on any atom is -0.189 e. The first-order valence-electron chi connectivity index (χ1n) is 3.66. The van der Waals surface area contributed by atoms with E-state index < -0.39 is 10.2 Å². The molecule has 0 fully saturated rings. The molecule has 0 saturated heterocycles. The van der Waals surface area contributed by atoms with Crippen LogP contribution in [0.5, 0.6) is 0 Å². The van der Waals surface area contributed by atoms with Gasteiger partial charge in [0.25, 0.3) is 0 Å². The van der Waals surface area contributed by atoms with Gasteiger partial charge in [-0.2, -0.15) is 17.2 Å². The first kappa shape index (κ1) is 9.47. The molecule has 0 radical (unpaired) electrons. The predicted molar refractivity (Wildman–Crippen MR) is 50.4 cm³/mol. The molecule has 0 aliphatic carbocycles. The van der Waals surface area contributed by atoms with Crippen molar-refractivity contribution >= 4 is 33.0 Å². The van der Waals surface area contributed by atoms with E-state index in [1.807, 2.05) is 0 Å². The molecule has 1 heterocycles. The van der Waals surface area contributed by atoms with Gasteiger partial charge in [0.15, 0.2) is 0 Å². The Bertz CT molecular complexity index is 591. The molecule has 2 rings (SSSR count). The van der Waals surface area contributed by atoms with Crippen molar-refractivity contribution in [1.82, 2.24) is 8.75 Å². The average molecular weight is 232 g/mol. The molecule has 74 valence electrons. The Kier molecular flexibility index (Phi) is 2.00. The summed E-state index contributed by atoms with van der Waals surface area (Å²) in [6.45, 7) is 1.52. The number of halogens is 1. The summed E-state index contributed by atoms with van der Waals surface area (Å²) in [5, 5.41) is 0. The maximum Gasteiger partial charge on any atom is 0.334 e. The standard InChI is InChI=1S/C7H5FN2O2S2/c1-4-2-3-5-6(10-13-9-5)7(4)14(8,11)12/h2-3H,1H3. The van der Waals surface area contributed by atoms with Gasteiger partial charge < -0.3 is 0 Å². The molecule has 7 heteroatoms. The zero-order valence-electron chi connectivity index (χ0n) is 7.06. The number of hydrogen-bond donors (Lipinski definition) is 0. The monoisotopic (exact) mass is 232 g/mol. The summed E-state index contributed by atoms with van der Waals surface area (Å²) < 4.78 is 42.2. The van der Waals surface area contributed by atoms with E-state index in [4.69, 9.17) is 0 Å². The van der Waals surface area contributed by atoms with Gasteiger partial charge in [-0.15, -0.1) is 3.89 Å². The molecule has 0 saturated carbocycles. The fourth-order valence-corrected chi connectivity index (χ4v) is 2.67. The Morgan fingerprint density at radius 3 is 2.71 bits per heavy atom. The van der Waals surface area contributed by atoms with Gasteiger partial charge in [-0.3, -0.25) is 0 Å². The lowest BCUT2D eigenvalue weighted by Gasteiger charge is -1.99. The van der Waals surface area contributed by atoms with Crippen molar-refractivity contribution in [3.05, 3.63) is 17.7 Å². The number of aryl methyl sites for hydroxylation is 1. The molecular formula is C7H5FN2O2S2. The van der Waals surface area contributed by atoms with Crippen LogP contribution in [0, 0.1) is 6.92 Å². The Morgan fingerprint density at radius 2 is 2.07 bits per heavy atom. The molecule has 4 nitrogen and oxygen atoms in total. The van der Waals surface area contributed by atoms with Gasteiger partial charge in [0.05, 0.1) is 11.7 Å². The van der Waals surface area contributed by atoms with Crippen LogP contribution >= 0.6 is 11.7 Å². The van der Waals surface area contributed by atoms with E-state index in [9.17, 15) is 12.3 Å². The van der Waals surface area contributed by atoms with Crippen molar-refractivity contribution < 1.29 is 12.3 Å². The second-order valence-electron chi connectivity index (χ2n) is 2.78. The van der Waals surface area contributed by atoms with Crippen molar-refractivity contribution in [2.24, 2.45) is 0 Å².